The Morgan fingerprint density at radius 1 is 1.42 bits per heavy atom. The zero-order valence-electron chi connectivity index (χ0n) is 8.00. The molecular weight excluding hydrogens is 150 g/mol. The minimum absolute atomic E-state index is 0.418. The lowest BCUT2D eigenvalue weighted by Gasteiger charge is -2.16. The van der Waals surface area contributed by atoms with E-state index in [1.165, 1.54) is 0 Å². The van der Waals surface area contributed by atoms with Crippen LogP contribution in [0.25, 0.3) is 0 Å². The molecule has 0 atom stereocenters. The van der Waals surface area contributed by atoms with E-state index < -0.39 is 0 Å². The van der Waals surface area contributed by atoms with E-state index in [0.29, 0.717) is 5.92 Å². The van der Waals surface area contributed by atoms with Gasteiger partial charge in [0, 0.05) is 14.1 Å². The van der Waals surface area contributed by atoms with Gasteiger partial charge in [-0.25, -0.2) is 9.97 Å². The molecule has 0 spiro atoms. The third-order valence-corrected chi connectivity index (χ3v) is 1.71. The average molecular weight is 164 g/mol. The van der Waals surface area contributed by atoms with Gasteiger partial charge in [-0.1, -0.05) is 13.8 Å². The van der Waals surface area contributed by atoms with E-state index in [9.17, 15) is 0 Å². The van der Waals surface area contributed by atoms with Crippen LogP contribution in [0, 0.1) is 6.33 Å². The molecule has 0 saturated carbocycles. The van der Waals surface area contributed by atoms with Crippen molar-refractivity contribution in [3.05, 3.63) is 18.2 Å². The standard InChI is InChI=1S/C9H14N3/c1-7(2)9-8(12(3)4)5-10-6-11-9/h5,7H,1-4H3. The van der Waals surface area contributed by atoms with Crippen molar-refractivity contribution >= 4 is 5.69 Å². The first-order valence-corrected chi connectivity index (χ1v) is 4.03. The Labute approximate surface area is 73.5 Å². The molecule has 1 radical (unpaired) electrons. The van der Waals surface area contributed by atoms with Crippen LogP contribution >= 0.6 is 0 Å². The van der Waals surface area contributed by atoms with Crippen LogP contribution in [-0.2, 0) is 0 Å². The molecule has 12 heavy (non-hydrogen) atoms. The van der Waals surface area contributed by atoms with Gasteiger partial charge in [-0.15, -0.1) is 0 Å². The smallest absolute Gasteiger partial charge is 0.198 e. The molecule has 0 aromatic carbocycles. The second kappa shape index (κ2) is 3.52. The molecule has 0 aliphatic rings. The summed E-state index contributed by atoms with van der Waals surface area (Å²) in [7, 11) is 3.98. The van der Waals surface area contributed by atoms with Gasteiger partial charge in [0.1, 0.15) is 0 Å². The van der Waals surface area contributed by atoms with Gasteiger partial charge in [0.05, 0.1) is 17.6 Å². The molecule has 65 valence electrons. The molecule has 0 saturated heterocycles. The summed E-state index contributed by atoms with van der Waals surface area (Å²) in [6.07, 6.45) is 4.40. The van der Waals surface area contributed by atoms with Crippen LogP contribution in [0.1, 0.15) is 25.5 Å². The fourth-order valence-corrected chi connectivity index (χ4v) is 1.07. The zero-order valence-corrected chi connectivity index (χ0v) is 8.00. The molecule has 0 amide bonds. The van der Waals surface area contributed by atoms with Crippen LogP contribution in [0.5, 0.6) is 0 Å². The first-order valence-electron chi connectivity index (χ1n) is 4.03. The van der Waals surface area contributed by atoms with Crippen LogP contribution in [-0.4, -0.2) is 24.1 Å². The molecule has 1 aromatic heterocycles. The summed E-state index contributed by atoms with van der Waals surface area (Å²) >= 11 is 0. The fraction of sp³-hybridized carbons (Fsp3) is 0.556. The maximum Gasteiger partial charge on any atom is 0.198 e. The van der Waals surface area contributed by atoms with Crippen molar-refractivity contribution < 1.29 is 0 Å². The van der Waals surface area contributed by atoms with Gasteiger partial charge in [0.2, 0.25) is 0 Å². The van der Waals surface area contributed by atoms with Gasteiger partial charge in [-0.2, -0.15) is 0 Å². The van der Waals surface area contributed by atoms with E-state index in [2.05, 4.69) is 30.1 Å². The summed E-state index contributed by atoms with van der Waals surface area (Å²) in [6.45, 7) is 4.23. The number of aromatic nitrogens is 2. The minimum atomic E-state index is 0.418. The van der Waals surface area contributed by atoms with Gasteiger partial charge >= 0.3 is 0 Å². The summed E-state index contributed by atoms with van der Waals surface area (Å²) in [5.74, 6) is 0.418. The third kappa shape index (κ3) is 1.72. The van der Waals surface area contributed by atoms with Crippen LogP contribution in [0.15, 0.2) is 6.20 Å². The molecule has 0 unspecified atom stereocenters. The number of rotatable bonds is 2. The first kappa shape index (κ1) is 8.97. The van der Waals surface area contributed by atoms with E-state index in [1.54, 1.807) is 6.20 Å². The minimum Gasteiger partial charge on any atom is -0.375 e. The van der Waals surface area contributed by atoms with Crippen molar-refractivity contribution in [3.8, 4) is 0 Å². The van der Waals surface area contributed by atoms with Crippen LogP contribution < -0.4 is 4.90 Å². The molecule has 3 nitrogen and oxygen atoms in total. The van der Waals surface area contributed by atoms with Crippen LogP contribution in [0.2, 0.25) is 0 Å². The SMILES string of the molecule is CC(C)c1n[c]ncc1N(C)C. The Kier molecular flexibility index (Phi) is 2.63. The van der Waals surface area contributed by atoms with Gasteiger partial charge in [-0.3, -0.25) is 0 Å². The van der Waals surface area contributed by atoms with Gasteiger partial charge in [0.25, 0.3) is 0 Å². The van der Waals surface area contributed by atoms with Crippen molar-refractivity contribution in [2.75, 3.05) is 19.0 Å². The van der Waals surface area contributed by atoms with Crippen molar-refractivity contribution in [3.63, 3.8) is 0 Å². The maximum atomic E-state index is 4.12. The lowest BCUT2D eigenvalue weighted by atomic mass is 10.1. The molecule has 1 rings (SSSR count). The molecule has 1 aromatic rings. The quantitative estimate of drug-likeness (QED) is 0.662. The Bertz CT molecular complexity index is 229. The van der Waals surface area contributed by atoms with Crippen molar-refractivity contribution in [1.29, 1.82) is 0 Å². The molecule has 0 aliphatic carbocycles. The monoisotopic (exact) mass is 164 g/mol. The van der Waals surface area contributed by atoms with Gasteiger partial charge in [-0.05, 0) is 5.92 Å². The highest BCUT2D eigenvalue weighted by atomic mass is 15.1. The predicted octanol–water partition coefficient (Wildman–Crippen LogP) is 1.47. The fourth-order valence-electron chi connectivity index (χ4n) is 1.07. The zero-order chi connectivity index (χ0) is 9.14. The van der Waals surface area contributed by atoms with Gasteiger partial charge < -0.3 is 4.90 Å². The predicted molar refractivity (Wildman–Crippen MR) is 49.3 cm³/mol. The van der Waals surface area contributed by atoms with E-state index in [4.69, 9.17) is 0 Å². The number of anilines is 1. The molecule has 0 bridgehead atoms. The van der Waals surface area contributed by atoms with Crippen LogP contribution in [0.4, 0.5) is 5.69 Å². The Morgan fingerprint density at radius 3 is 2.50 bits per heavy atom. The van der Waals surface area contributed by atoms with Gasteiger partial charge in [0.15, 0.2) is 6.33 Å². The Hall–Kier alpha value is -1.12. The lowest BCUT2D eigenvalue weighted by molar-refractivity contribution is 0.804. The summed E-state index contributed by atoms with van der Waals surface area (Å²) in [5, 5.41) is 0. The van der Waals surface area contributed by atoms with Crippen molar-refractivity contribution in [2.24, 2.45) is 0 Å². The molecule has 3 heteroatoms. The normalized spacial score (nSPS) is 10.4. The highest BCUT2D eigenvalue weighted by Gasteiger charge is 2.08. The molecule has 0 N–H and O–H groups in total. The van der Waals surface area contributed by atoms with Crippen LogP contribution in [0.3, 0.4) is 0 Å². The summed E-state index contributed by atoms with van der Waals surface area (Å²) < 4.78 is 0. The first-order chi connectivity index (χ1) is 5.63. The van der Waals surface area contributed by atoms with E-state index in [-0.39, 0.29) is 0 Å². The van der Waals surface area contributed by atoms with Crippen molar-refractivity contribution in [2.45, 2.75) is 19.8 Å². The highest BCUT2D eigenvalue weighted by molar-refractivity contribution is 5.48. The Morgan fingerprint density at radius 2 is 2.08 bits per heavy atom. The number of hydrogen-bond donors (Lipinski definition) is 0. The molecule has 0 aliphatic heterocycles. The third-order valence-electron chi connectivity index (χ3n) is 1.71. The second-order valence-corrected chi connectivity index (χ2v) is 3.29. The lowest BCUT2D eigenvalue weighted by Crippen LogP contribution is -2.13. The maximum absolute atomic E-state index is 4.12. The Balaban J connectivity index is 3.09. The molecule has 1 heterocycles. The summed E-state index contributed by atoms with van der Waals surface area (Å²) in [5.41, 5.74) is 2.12. The average Bonchev–Trinajstić information content (AvgIpc) is 2.04. The molecule has 0 fully saturated rings. The van der Waals surface area contributed by atoms with E-state index in [0.717, 1.165) is 11.4 Å². The summed E-state index contributed by atoms with van der Waals surface area (Å²) in [6, 6.07) is 0. The number of nitrogens with zero attached hydrogens (tertiary/aromatic N) is 3. The second-order valence-electron chi connectivity index (χ2n) is 3.29. The topological polar surface area (TPSA) is 29.0 Å². The number of hydrogen-bond acceptors (Lipinski definition) is 3. The van der Waals surface area contributed by atoms with E-state index >= 15 is 0 Å². The summed E-state index contributed by atoms with van der Waals surface area (Å²) in [4.78, 5) is 10.0. The molecular formula is C9H14N3. The largest absolute Gasteiger partial charge is 0.375 e. The van der Waals surface area contributed by atoms with E-state index in [1.807, 2.05) is 19.0 Å². The van der Waals surface area contributed by atoms with Crippen molar-refractivity contribution in [1.82, 2.24) is 9.97 Å². The highest BCUT2D eigenvalue weighted by Crippen LogP contribution is 2.21.